The molecule has 3 rings (SSSR count). The number of hydrogen-bond donors (Lipinski definition) is 0. The molecule has 0 saturated carbocycles. The smallest absolute Gasteiger partial charge is 0.872 e. The van der Waals surface area contributed by atoms with Crippen molar-refractivity contribution in [2.75, 3.05) is 0 Å². The SMILES string of the molecule is Cc1cc2ccccc2c(-c2cccc[nH+]2)c1[O-].[Li+]. The molecule has 0 aliphatic rings. The van der Waals surface area contributed by atoms with E-state index in [1.807, 2.05) is 61.7 Å². The second kappa shape index (κ2) is 5.48. The van der Waals surface area contributed by atoms with E-state index in [0.29, 0.717) is 0 Å². The van der Waals surface area contributed by atoms with E-state index in [-0.39, 0.29) is 24.6 Å². The van der Waals surface area contributed by atoms with Crippen molar-refractivity contribution in [3.63, 3.8) is 0 Å². The van der Waals surface area contributed by atoms with Gasteiger partial charge in [-0.05, 0) is 23.8 Å². The average Bonchev–Trinajstić information content (AvgIpc) is 2.41. The van der Waals surface area contributed by atoms with Crippen LogP contribution in [0, 0.1) is 6.92 Å². The van der Waals surface area contributed by atoms with E-state index in [0.717, 1.165) is 27.6 Å². The Bertz CT molecular complexity index is 711. The number of pyridine rings is 1. The van der Waals surface area contributed by atoms with Crippen molar-refractivity contribution in [2.45, 2.75) is 6.92 Å². The van der Waals surface area contributed by atoms with Gasteiger partial charge in [-0.2, -0.15) is 0 Å². The number of rotatable bonds is 1. The second-order valence-corrected chi connectivity index (χ2v) is 4.39. The fourth-order valence-electron chi connectivity index (χ4n) is 2.29. The Balaban J connectivity index is 0.00000133. The number of fused-ring (bicyclic) bond motifs is 1. The van der Waals surface area contributed by atoms with Crippen LogP contribution in [0.2, 0.25) is 0 Å². The number of hydrogen-bond acceptors (Lipinski definition) is 1. The minimum atomic E-state index is 0. The van der Waals surface area contributed by atoms with Crippen LogP contribution in [0.4, 0.5) is 0 Å². The van der Waals surface area contributed by atoms with Gasteiger partial charge in [-0.15, -0.1) is 0 Å². The summed E-state index contributed by atoms with van der Waals surface area (Å²) in [6, 6.07) is 15.7. The molecule has 0 atom stereocenters. The molecular weight excluding hydrogens is 229 g/mol. The van der Waals surface area contributed by atoms with Crippen molar-refractivity contribution in [3.05, 3.63) is 60.3 Å². The van der Waals surface area contributed by atoms with Crippen LogP contribution in [0.15, 0.2) is 54.7 Å². The van der Waals surface area contributed by atoms with Crippen LogP contribution in [-0.2, 0) is 0 Å². The molecule has 19 heavy (non-hydrogen) atoms. The van der Waals surface area contributed by atoms with Gasteiger partial charge in [0.1, 0.15) is 0 Å². The number of aromatic amines is 1. The Kier molecular flexibility index (Phi) is 3.95. The molecule has 0 radical (unpaired) electrons. The topological polar surface area (TPSA) is 37.2 Å². The van der Waals surface area contributed by atoms with Gasteiger partial charge in [-0.25, -0.2) is 4.98 Å². The maximum Gasteiger partial charge on any atom is 1.00 e. The summed E-state index contributed by atoms with van der Waals surface area (Å²) in [5.41, 5.74) is 2.40. The fourth-order valence-corrected chi connectivity index (χ4v) is 2.29. The molecule has 0 aliphatic carbocycles. The van der Waals surface area contributed by atoms with Crippen LogP contribution < -0.4 is 29.0 Å². The van der Waals surface area contributed by atoms with Crippen LogP contribution in [0.25, 0.3) is 22.0 Å². The average molecular weight is 242 g/mol. The molecule has 0 saturated heterocycles. The minimum Gasteiger partial charge on any atom is -0.872 e. The predicted octanol–water partition coefficient (Wildman–Crippen LogP) is -0.293. The third-order valence-electron chi connectivity index (χ3n) is 3.17. The van der Waals surface area contributed by atoms with Crippen molar-refractivity contribution in [3.8, 4) is 17.0 Å². The Morgan fingerprint density at radius 3 is 2.47 bits per heavy atom. The molecule has 0 amide bonds. The van der Waals surface area contributed by atoms with Gasteiger partial charge >= 0.3 is 18.9 Å². The second-order valence-electron chi connectivity index (χ2n) is 4.39. The summed E-state index contributed by atoms with van der Waals surface area (Å²) in [5, 5.41) is 14.5. The monoisotopic (exact) mass is 242 g/mol. The number of benzene rings is 2. The third kappa shape index (κ3) is 2.38. The van der Waals surface area contributed by atoms with Gasteiger partial charge in [0.25, 0.3) is 0 Å². The summed E-state index contributed by atoms with van der Waals surface area (Å²) in [4.78, 5) is 3.14. The third-order valence-corrected chi connectivity index (χ3v) is 3.17. The van der Waals surface area contributed by atoms with E-state index in [1.165, 1.54) is 0 Å². The van der Waals surface area contributed by atoms with Gasteiger partial charge in [-0.1, -0.05) is 41.6 Å². The summed E-state index contributed by atoms with van der Waals surface area (Å²) in [6.45, 7) is 1.86. The van der Waals surface area contributed by atoms with Crippen LogP contribution in [0.1, 0.15) is 5.56 Å². The minimum absolute atomic E-state index is 0. The quantitative estimate of drug-likeness (QED) is 0.540. The standard InChI is InChI=1S/C16H13NO.Li/c1-11-10-12-6-2-3-7-13(12)15(16(11)18)14-8-4-5-9-17-14;/h2-10,18H,1H3;/q;+1. The summed E-state index contributed by atoms with van der Waals surface area (Å²) in [6.07, 6.45) is 1.84. The fraction of sp³-hybridized carbons (Fsp3) is 0.0625. The van der Waals surface area contributed by atoms with Crippen LogP contribution in [0.5, 0.6) is 5.75 Å². The van der Waals surface area contributed by atoms with Gasteiger partial charge < -0.3 is 5.11 Å². The van der Waals surface area contributed by atoms with Gasteiger partial charge in [0.15, 0.2) is 6.20 Å². The maximum atomic E-state index is 12.4. The molecule has 0 unspecified atom stereocenters. The van der Waals surface area contributed by atoms with Crippen molar-refractivity contribution in [2.24, 2.45) is 0 Å². The number of nitrogens with one attached hydrogen (secondary N) is 1. The van der Waals surface area contributed by atoms with Gasteiger partial charge in [-0.3, -0.25) is 0 Å². The Morgan fingerprint density at radius 2 is 1.74 bits per heavy atom. The molecule has 1 aromatic heterocycles. The molecule has 3 aromatic rings. The zero-order chi connectivity index (χ0) is 12.5. The van der Waals surface area contributed by atoms with Crippen molar-refractivity contribution in [1.29, 1.82) is 0 Å². The maximum absolute atomic E-state index is 12.4. The summed E-state index contributed by atoms with van der Waals surface area (Å²) >= 11 is 0. The molecule has 0 bridgehead atoms. The number of H-pyrrole nitrogens is 1. The first-order valence-corrected chi connectivity index (χ1v) is 5.94. The molecular formula is C16H13LiNO+. The van der Waals surface area contributed by atoms with E-state index in [2.05, 4.69) is 4.98 Å². The molecule has 2 aromatic carbocycles. The molecule has 0 fully saturated rings. The zero-order valence-corrected chi connectivity index (χ0v) is 11.1. The Hall–Kier alpha value is -1.75. The zero-order valence-electron chi connectivity index (χ0n) is 11.1. The molecule has 1 N–H and O–H groups in total. The first-order chi connectivity index (χ1) is 8.77. The summed E-state index contributed by atoms with van der Waals surface area (Å²) in [5.74, 6) is 0.0937. The Labute approximate surface area is 124 Å². The summed E-state index contributed by atoms with van der Waals surface area (Å²) in [7, 11) is 0. The van der Waals surface area contributed by atoms with Crippen molar-refractivity contribution in [1.82, 2.24) is 0 Å². The molecule has 1 heterocycles. The number of aromatic nitrogens is 1. The van der Waals surface area contributed by atoms with E-state index < -0.39 is 0 Å². The van der Waals surface area contributed by atoms with E-state index in [9.17, 15) is 5.11 Å². The normalized spacial score (nSPS) is 10.2. The van der Waals surface area contributed by atoms with Crippen LogP contribution in [-0.4, -0.2) is 0 Å². The van der Waals surface area contributed by atoms with Gasteiger partial charge in [0, 0.05) is 17.7 Å². The predicted molar refractivity (Wildman–Crippen MR) is 70.1 cm³/mol. The van der Waals surface area contributed by atoms with Gasteiger partial charge in [0.05, 0.1) is 0 Å². The molecule has 0 spiro atoms. The van der Waals surface area contributed by atoms with Crippen molar-refractivity contribution >= 4 is 10.8 Å². The first-order valence-electron chi connectivity index (χ1n) is 5.94. The molecule has 3 heteroatoms. The molecule has 0 aliphatic heterocycles. The Morgan fingerprint density at radius 1 is 1.00 bits per heavy atom. The molecule has 2 nitrogen and oxygen atoms in total. The van der Waals surface area contributed by atoms with E-state index in [4.69, 9.17) is 0 Å². The summed E-state index contributed by atoms with van der Waals surface area (Å²) < 4.78 is 0. The van der Waals surface area contributed by atoms with E-state index in [1.54, 1.807) is 0 Å². The first kappa shape index (κ1) is 13.7. The van der Waals surface area contributed by atoms with Crippen LogP contribution >= 0.6 is 0 Å². The largest absolute Gasteiger partial charge is 1.00 e. The molecule has 88 valence electrons. The van der Waals surface area contributed by atoms with E-state index >= 15 is 0 Å². The number of aryl methyl sites for hydroxylation is 1. The van der Waals surface area contributed by atoms with Crippen LogP contribution in [0.3, 0.4) is 0 Å². The van der Waals surface area contributed by atoms with Crippen molar-refractivity contribution < 1.29 is 29.0 Å². The van der Waals surface area contributed by atoms with Gasteiger partial charge in [0.2, 0.25) is 5.69 Å².